The summed E-state index contributed by atoms with van der Waals surface area (Å²) in [5, 5.41) is 24.6. The zero-order valence-corrected chi connectivity index (χ0v) is 20.2. The van der Waals surface area contributed by atoms with E-state index in [0.717, 1.165) is 53.8 Å². The zero-order chi connectivity index (χ0) is 25.5. The number of nitrogens with one attached hydrogen (secondary N) is 2. The molecule has 0 heterocycles. The molecule has 1 aromatic carbocycles. The third-order valence-electron chi connectivity index (χ3n) is 5.60. The Morgan fingerprint density at radius 3 is 2.80 bits per heavy atom. The lowest BCUT2D eigenvalue weighted by Gasteiger charge is -2.22. The van der Waals surface area contributed by atoms with E-state index in [2.05, 4.69) is 15.6 Å². The molecule has 35 heavy (non-hydrogen) atoms. The summed E-state index contributed by atoms with van der Waals surface area (Å²) in [7, 11) is 1.69. The molecule has 186 valence electrons. The van der Waals surface area contributed by atoms with Gasteiger partial charge in [-0.15, -0.1) is 0 Å². The topological polar surface area (TPSA) is 124 Å². The number of rotatable bonds is 14. The molecule has 2 rings (SSSR count). The third-order valence-corrected chi connectivity index (χ3v) is 5.60. The van der Waals surface area contributed by atoms with Gasteiger partial charge in [0.25, 0.3) is 0 Å². The number of amides is 1. The molecular weight excluding hydrogens is 445 g/mol. The summed E-state index contributed by atoms with van der Waals surface area (Å²) < 4.78 is 14.6. The second-order valence-electron chi connectivity index (χ2n) is 8.11. The monoisotopic (exact) mass is 479 g/mol. The van der Waals surface area contributed by atoms with Crippen LogP contribution in [-0.2, 0) is 4.79 Å². The number of benzene rings is 1. The lowest BCUT2D eigenvalue weighted by atomic mass is 9.90. The van der Waals surface area contributed by atoms with E-state index in [4.69, 9.17) is 11.0 Å². The molecule has 0 fully saturated rings. The summed E-state index contributed by atoms with van der Waals surface area (Å²) in [5.41, 5.74) is 10.9. The van der Waals surface area contributed by atoms with E-state index < -0.39 is 5.82 Å². The SMILES string of the molecule is CN=CC1=C(N)CCC(/C(NCCO)=C(/C=C/CCCCCNC=O)c2ccc(C#N)c(F)c2)=C1. The molecule has 0 saturated heterocycles. The van der Waals surface area contributed by atoms with Crippen molar-refractivity contribution in [1.29, 1.82) is 5.26 Å². The molecule has 1 amide bonds. The maximum atomic E-state index is 14.6. The number of aliphatic hydroxyl groups excluding tert-OH is 1. The Labute approximate surface area is 206 Å². The van der Waals surface area contributed by atoms with E-state index in [0.29, 0.717) is 37.9 Å². The summed E-state index contributed by atoms with van der Waals surface area (Å²) in [5.74, 6) is -0.583. The van der Waals surface area contributed by atoms with Crippen LogP contribution in [0.2, 0.25) is 0 Å². The number of aliphatic imine (C=N–C) groups is 1. The molecule has 5 N–H and O–H groups in total. The first-order valence-electron chi connectivity index (χ1n) is 11.8. The van der Waals surface area contributed by atoms with Crippen LogP contribution in [0, 0.1) is 17.1 Å². The first-order chi connectivity index (χ1) is 17.0. The van der Waals surface area contributed by atoms with Gasteiger partial charge >= 0.3 is 0 Å². The molecule has 0 aliphatic heterocycles. The van der Waals surface area contributed by atoms with E-state index in [9.17, 15) is 14.3 Å². The second-order valence-corrected chi connectivity index (χ2v) is 8.11. The maximum Gasteiger partial charge on any atom is 0.207 e. The van der Waals surface area contributed by atoms with Gasteiger partial charge in [0.15, 0.2) is 0 Å². The van der Waals surface area contributed by atoms with Crippen LogP contribution in [0.1, 0.15) is 49.7 Å². The molecule has 1 aliphatic rings. The predicted octanol–water partition coefficient (Wildman–Crippen LogP) is 3.49. The van der Waals surface area contributed by atoms with Gasteiger partial charge in [-0.25, -0.2) is 4.39 Å². The summed E-state index contributed by atoms with van der Waals surface area (Å²) in [6.07, 6.45) is 13.4. The zero-order valence-electron chi connectivity index (χ0n) is 20.2. The normalized spacial score (nSPS) is 14.6. The number of aliphatic hydroxyl groups is 1. The van der Waals surface area contributed by atoms with Gasteiger partial charge in [0.2, 0.25) is 6.41 Å². The minimum Gasteiger partial charge on any atom is -0.402 e. The number of hydrogen-bond donors (Lipinski definition) is 4. The molecule has 0 spiro atoms. The van der Waals surface area contributed by atoms with E-state index in [-0.39, 0.29) is 12.2 Å². The van der Waals surface area contributed by atoms with Crippen molar-refractivity contribution in [3.63, 3.8) is 0 Å². The van der Waals surface area contributed by atoms with Gasteiger partial charge in [-0.3, -0.25) is 9.79 Å². The smallest absolute Gasteiger partial charge is 0.207 e. The highest BCUT2D eigenvalue weighted by atomic mass is 19.1. The number of nitriles is 1. The standard InChI is InChI=1S/C27H34FN5O2/c1-31-18-23-15-21(10-11-26(23)30)27(33-13-14-34)24(7-5-3-2-4-6-12-32-19-35)20-8-9-22(17-29)25(28)16-20/h5,7-9,15-16,18-19,33-34H,2-4,6,10-14,30H2,1H3,(H,32,35)/b7-5+,27-24+,31-18?. The van der Waals surface area contributed by atoms with Crippen molar-refractivity contribution in [3.8, 4) is 6.07 Å². The molecular formula is C27H34FN5O2. The molecule has 1 aliphatic carbocycles. The molecule has 1 aromatic rings. The molecule has 0 radical (unpaired) electrons. The molecule has 0 saturated carbocycles. The third kappa shape index (κ3) is 8.54. The van der Waals surface area contributed by atoms with Gasteiger partial charge in [0.1, 0.15) is 11.9 Å². The summed E-state index contributed by atoms with van der Waals surface area (Å²) in [4.78, 5) is 14.4. The van der Waals surface area contributed by atoms with Gasteiger partial charge in [-0.05, 0) is 61.4 Å². The molecule has 8 heteroatoms. The fraction of sp³-hybridized carbons (Fsp3) is 0.370. The van der Waals surface area contributed by atoms with Crippen molar-refractivity contribution < 1.29 is 14.3 Å². The quantitative estimate of drug-likeness (QED) is 0.141. The average Bonchev–Trinajstić information content (AvgIpc) is 2.86. The number of nitrogens with zero attached hydrogens (tertiary/aromatic N) is 2. The van der Waals surface area contributed by atoms with E-state index in [1.807, 2.05) is 24.3 Å². The fourth-order valence-electron chi connectivity index (χ4n) is 3.81. The van der Waals surface area contributed by atoms with Crippen LogP contribution in [-0.4, -0.2) is 44.5 Å². The van der Waals surface area contributed by atoms with Crippen LogP contribution < -0.4 is 16.4 Å². The van der Waals surface area contributed by atoms with Crippen LogP contribution in [0.3, 0.4) is 0 Å². The van der Waals surface area contributed by atoms with Crippen LogP contribution in [0.25, 0.3) is 5.57 Å². The molecule has 0 aromatic heterocycles. The van der Waals surface area contributed by atoms with Crippen molar-refractivity contribution >= 4 is 18.2 Å². The highest BCUT2D eigenvalue weighted by Crippen LogP contribution is 2.31. The number of unbranched alkanes of at least 4 members (excludes halogenated alkanes) is 3. The Bertz CT molecular complexity index is 1060. The number of carbonyl (C=O) groups is 1. The molecule has 7 nitrogen and oxygen atoms in total. The maximum absolute atomic E-state index is 14.6. The van der Waals surface area contributed by atoms with Gasteiger partial charge in [0.05, 0.1) is 12.2 Å². The highest BCUT2D eigenvalue weighted by Gasteiger charge is 2.18. The summed E-state index contributed by atoms with van der Waals surface area (Å²) >= 11 is 0. The van der Waals surface area contributed by atoms with Crippen molar-refractivity contribution in [2.24, 2.45) is 10.7 Å². The number of nitrogens with two attached hydrogens (primary N) is 1. The van der Waals surface area contributed by atoms with Crippen molar-refractivity contribution in [3.05, 3.63) is 75.9 Å². The van der Waals surface area contributed by atoms with E-state index in [1.165, 1.54) is 12.1 Å². The van der Waals surface area contributed by atoms with Crippen LogP contribution in [0.15, 0.2) is 64.0 Å². The number of carbonyl (C=O) groups excluding carboxylic acids is 1. The fourth-order valence-corrected chi connectivity index (χ4v) is 3.81. The average molecular weight is 480 g/mol. The lowest BCUT2D eigenvalue weighted by Crippen LogP contribution is -2.22. The lowest BCUT2D eigenvalue weighted by molar-refractivity contribution is -0.109. The largest absolute Gasteiger partial charge is 0.402 e. The Balaban J connectivity index is 2.48. The Morgan fingerprint density at radius 1 is 1.29 bits per heavy atom. The highest BCUT2D eigenvalue weighted by molar-refractivity contribution is 5.86. The predicted molar refractivity (Wildman–Crippen MR) is 138 cm³/mol. The van der Waals surface area contributed by atoms with Crippen LogP contribution in [0.5, 0.6) is 0 Å². The molecule has 0 unspecified atom stereocenters. The van der Waals surface area contributed by atoms with Crippen molar-refractivity contribution in [1.82, 2.24) is 10.6 Å². The number of hydrogen-bond acceptors (Lipinski definition) is 6. The summed E-state index contributed by atoms with van der Waals surface area (Å²) in [6.45, 7) is 0.917. The minimum atomic E-state index is -0.583. The van der Waals surface area contributed by atoms with Crippen LogP contribution in [0.4, 0.5) is 4.39 Å². The minimum absolute atomic E-state index is 0.0140. The molecule has 0 atom stereocenters. The summed E-state index contributed by atoms with van der Waals surface area (Å²) in [6, 6.07) is 6.44. The number of halogens is 1. The van der Waals surface area contributed by atoms with Crippen molar-refractivity contribution in [2.45, 2.75) is 38.5 Å². The van der Waals surface area contributed by atoms with Crippen molar-refractivity contribution in [2.75, 3.05) is 26.7 Å². The molecule has 0 bridgehead atoms. The van der Waals surface area contributed by atoms with Gasteiger partial charge < -0.3 is 21.5 Å². The van der Waals surface area contributed by atoms with Crippen LogP contribution >= 0.6 is 0 Å². The Morgan fingerprint density at radius 2 is 2.11 bits per heavy atom. The Kier molecular flexibility index (Phi) is 12.0. The second kappa shape index (κ2) is 15.3. The van der Waals surface area contributed by atoms with E-state index in [1.54, 1.807) is 19.3 Å². The van der Waals surface area contributed by atoms with Gasteiger partial charge in [-0.2, -0.15) is 5.26 Å². The number of allylic oxidation sites excluding steroid dienone is 7. The first kappa shape index (κ1) is 27.5. The Hall–Kier alpha value is -3.70. The van der Waals surface area contributed by atoms with E-state index >= 15 is 0 Å². The first-order valence-corrected chi connectivity index (χ1v) is 11.8. The van der Waals surface area contributed by atoms with Gasteiger partial charge in [-0.1, -0.05) is 24.6 Å². The van der Waals surface area contributed by atoms with Gasteiger partial charge in [0, 0.05) is 48.9 Å².